The fraction of sp³-hybridized carbons (Fsp3) is 0.296. The van der Waals surface area contributed by atoms with Crippen molar-refractivity contribution < 1.29 is 8.78 Å². The molecule has 0 aliphatic carbocycles. The van der Waals surface area contributed by atoms with Crippen LogP contribution in [0.1, 0.15) is 35.2 Å². The Morgan fingerprint density at radius 1 is 1.03 bits per heavy atom. The monoisotopic (exact) mass is 474 g/mol. The van der Waals surface area contributed by atoms with E-state index in [1.807, 2.05) is 19.1 Å². The number of pyridine rings is 2. The summed E-state index contributed by atoms with van der Waals surface area (Å²) in [4.78, 5) is 16.5. The minimum absolute atomic E-state index is 0.0132. The number of aryl methyl sites for hydroxylation is 2. The number of hydrogen-bond acceptors (Lipinski definition) is 6. The normalized spacial score (nSPS) is 18.7. The fourth-order valence-electron chi connectivity index (χ4n) is 4.57. The molecule has 0 spiro atoms. The highest BCUT2D eigenvalue weighted by molar-refractivity contribution is 6.05. The third-order valence-corrected chi connectivity index (χ3v) is 6.50. The van der Waals surface area contributed by atoms with Gasteiger partial charge < -0.3 is 15.5 Å². The molecule has 2 aliphatic heterocycles. The minimum atomic E-state index is -0.598. The van der Waals surface area contributed by atoms with Crippen LogP contribution in [0.15, 0.2) is 53.8 Å². The van der Waals surface area contributed by atoms with E-state index in [1.54, 1.807) is 31.5 Å². The molecule has 2 N–H and O–H groups in total. The Kier molecular flexibility index (Phi) is 6.30. The van der Waals surface area contributed by atoms with Gasteiger partial charge in [0, 0.05) is 43.9 Å². The van der Waals surface area contributed by atoms with Crippen LogP contribution in [0.25, 0.3) is 11.3 Å². The Morgan fingerprint density at radius 2 is 1.83 bits per heavy atom. The lowest BCUT2D eigenvalue weighted by molar-refractivity contribution is 0.358. The van der Waals surface area contributed by atoms with Gasteiger partial charge in [0.15, 0.2) is 0 Å². The highest BCUT2D eigenvalue weighted by Crippen LogP contribution is 2.34. The molecule has 2 aliphatic rings. The number of piperazine rings is 1. The van der Waals surface area contributed by atoms with Crippen LogP contribution in [0.5, 0.6) is 0 Å². The second-order valence-electron chi connectivity index (χ2n) is 8.97. The van der Waals surface area contributed by atoms with E-state index in [9.17, 15) is 4.39 Å². The Balaban J connectivity index is 1.77. The summed E-state index contributed by atoms with van der Waals surface area (Å²) in [5.74, 6) is -0.0707. The number of benzene rings is 1. The molecule has 1 fully saturated rings. The van der Waals surface area contributed by atoms with E-state index < -0.39 is 11.6 Å². The molecule has 5 rings (SSSR count). The van der Waals surface area contributed by atoms with Crippen LogP contribution < -0.4 is 10.6 Å². The van der Waals surface area contributed by atoms with Crippen LogP contribution in [-0.2, 0) is 0 Å². The van der Waals surface area contributed by atoms with E-state index in [4.69, 9.17) is 4.99 Å². The average Bonchev–Trinajstić information content (AvgIpc) is 2.85. The first kappa shape index (κ1) is 23.1. The van der Waals surface area contributed by atoms with Crippen LogP contribution in [0.3, 0.4) is 0 Å². The van der Waals surface area contributed by atoms with Crippen LogP contribution in [0.2, 0.25) is 0 Å². The first-order valence-electron chi connectivity index (χ1n) is 11.8. The van der Waals surface area contributed by atoms with Crippen molar-refractivity contribution in [2.24, 2.45) is 4.99 Å². The molecule has 35 heavy (non-hydrogen) atoms. The molecule has 3 aromatic rings. The van der Waals surface area contributed by atoms with Gasteiger partial charge in [-0.2, -0.15) is 0 Å². The Morgan fingerprint density at radius 3 is 2.60 bits per heavy atom. The summed E-state index contributed by atoms with van der Waals surface area (Å²) in [6.45, 7) is 8.82. The number of nitrogens with one attached hydrogen (secondary N) is 2. The van der Waals surface area contributed by atoms with Crippen molar-refractivity contribution in [3.8, 4) is 11.3 Å². The van der Waals surface area contributed by atoms with E-state index in [2.05, 4.69) is 32.4 Å². The van der Waals surface area contributed by atoms with Gasteiger partial charge in [-0.25, -0.2) is 18.8 Å². The number of allylic oxidation sites excluding steroid dienone is 1. The quantitative estimate of drug-likeness (QED) is 0.516. The summed E-state index contributed by atoms with van der Waals surface area (Å²) in [6, 6.07) is 8.04. The molecule has 0 saturated carbocycles. The molecule has 1 atom stereocenters. The first-order chi connectivity index (χ1) is 16.9. The fourth-order valence-corrected chi connectivity index (χ4v) is 4.57. The number of aromatic nitrogens is 2. The number of fused-ring (bicyclic) bond motifs is 2. The van der Waals surface area contributed by atoms with Crippen molar-refractivity contribution in [2.45, 2.75) is 26.7 Å². The van der Waals surface area contributed by atoms with Crippen molar-refractivity contribution in [3.05, 3.63) is 82.8 Å². The summed E-state index contributed by atoms with van der Waals surface area (Å²) in [5, 5.41) is 6.58. The van der Waals surface area contributed by atoms with Crippen molar-refractivity contribution in [1.82, 2.24) is 20.2 Å². The van der Waals surface area contributed by atoms with Crippen LogP contribution >= 0.6 is 0 Å². The predicted octanol–water partition coefficient (Wildman–Crippen LogP) is 5.06. The molecular formula is C27H28F2N6. The Labute approximate surface area is 203 Å². The molecule has 1 aromatic carbocycles. The molecule has 180 valence electrons. The Hall–Kier alpha value is -3.65. The summed E-state index contributed by atoms with van der Waals surface area (Å²) >= 11 is 0. The van der Waals surface area contributed by atoms with Crippen molar-refractivity contribution in [1.29, 1.82) is 0 Å². The van der Waals surface area contributed by atoms with Gasteiger partial charge in [-0.05, 0) is 49.4 Å². The summed E-state index contributed by atoms with van der Waals surface area (Å²) in [6.07, 6.45) is 5.55. The number of anilines is 1. The molecule has 6 nitrogen and oxygen atoms in total. The van der Waals surface area contributed by atoms with Crippen LogP contribution in [-0.4, -0.2) is 46.9 Å². The molecule has 1 saturated heterocycles. The zero-order valence-corrected chi connectivity index (χ0v) is 20.1. The third kappa shape index (κ3) is 4.41. The van der Waals surface area contributed by atoms with Gasteiger partial charge in [-0.15, -0.1) is 0 Å². The van der Waals surface area contributed by atoms with Gasteiger partial charge in [0.25, 0.3) is 0 Å². The highest BCUT2D eigenvalue weighted by Gasteiger charge is 2.26. The molecule has 1 unspecified atom stereocenters. The lowest BCUT2D eigenvalue weighted by Gasteiger charge is -2.32. The van der Waals surface area contributed by atoms with E-state index >= 15 is 4.39 Å². The first-order valence-corrected chi connectivity index (χ1v) is 11.8. The maximum absolute atomic E-state index is 15.6. The van der Waals surface area contributed by atoms with E-state index in [-0.39, 0.29) is 17.2 Å². The molecular weight excluding hydrogens is 446 g/mol. The number of halogens is 2. The molecule has 2 aromatic heterocycles. The predicted molar refractivity (Wildman–Crippen MR) is 135 cm³/mol. The third-order valence-electron chi connectivity index (χ3n) is 6.50. The minimum Gasteiger partial charge on any atom is -0.353 e. The SMILES string of the molecule is Cc1ccnc2c1N=C(N1CCNCC1)c1cc(F)c(-c3c(C)cccc3F)nc1N/C=C\C2C. The van der Waals surface area contributed by atoms with Gasteiger partial charge in [-0.1, -0.05) is 25.1 Å². The lowest BCUT2D eigenvalue weighted by atomic mass is 10.0. The van der Waals surface area contributed by atoms with Gasteiger partial charge >= 0.3 is 0 Å². The zero-order chi connectivity index (χ0) is 24.5. The second-order valence-corrected chi connectivity index (χ2v) is 8.97. The van der Waals surface area contributed by atoms with Crippen molar-refractivity contribution in [3.63, 3.8) is 0 Å². The maximum Gasteiger partial charge on any atom is 0.150 e. The van der Waals surface area contributed by atoms with Gasteiger partial charge in [0.2, 0.25) is 0 Å². The number of amidine groups is 1. The van der Waals surface area contributed by atoms with E-state index in [0.717, 1.165) is 30.0 Å². The zero-order valence-electron chi connectivity index (χ0n) is 20.1. The standard InChI is InChI=1S/C27H28F2N6/c1-16-5-4-6-20(28)22(16)25-21(29)15-19-26(33-25)32-10-8-17(2)23-24(18(3)7-9-31-23)34-27(19)35-13-11-30-12-14-35/h4-10,15,17,30H,11-14H2,1-3H3,(H,32,33)/b10-8-,34-27?. The summed E-state index contributed by atoms with van der Waals surface area (Å²) in [5.41, 5.74) is 3.90. The van der Waals surface area contributed by atoms with E-state index in [1.165, 1.54) is 12.1 Å². The molecule has 8 heteroatoms. The molecule has 0 radical (unpaired) electrons. The topological polar surface area (TPSA) is 65.4 Å². The number of aliphatic imine (C=N–C) groups is 1. The van der Waals surface area contributed by atoms with Gasteiger partial charge in [0.05, 0.1) is 16.9 Å². The molecule has 0 amide bonds. The average molecular weight is 475 g/mol. The van der Waals surface area contributed by atoms with Gasteiger partial charge in [-0.3, -0.25) is 4.98 Å². The number of hydrogen-bond donors (Lipinski definition) is 2. The highest BCUT2D eigenvalue weighted by atomic mass is 19.1. The van der Waals surface area contributed by atoms with Gasteiger partial charge in [0.1, 0.15) is 29.0 Å². The van der Waals surface area contributed by atoms with Crippen LogP contribution in [0.4, 0.5) is 20.3 Å². The van der Waals surface area contributed by atoms with E-state index in [0.29, 0.717) is 35.9 Å². The van der Waals surface area contributed by atoms with Crippen molar-refractivity contribution >= 4 is 17.3 Å². The number of nitrogens with zero attached hydrogens (tertiary/aromatic N) is 4. The lowest BCUT2D eigenvalue weighted by Crippen LogP contribution is -2.47. The molecule has 4 heterocycles. The maximum atomic E-state index is 15.6. The van der Waals surface area contributed by atoms with Crippen molar-refractivity contribution in [2.75, 3.05) is 31.5 Å². The largest absolute Gasteiger partial charge is 0.353 e. The van der Waals surface area contributed by atoms with Crippen LogP contribution in [0, 0.1) is 25.5 Å². The Bertz CT molecular complexity index is 1310. The summed E-state index contributed by atoms with van der Waals surface area (Å²) in [7, 11) is 0. The second kappa shape index (κ2) is 9.54. The summed E-state index contributed by atoms with van der Waals surface area (Å²) < 4.78 is 30.4. The number of rotatable bonds is 1. The molecule has 0 bridgehead atoms. The smallest absolute Gasteiger partial charge is 0.150 e.